The van der Waals surface area contributed by atoms with E-state index < -0.39 is 0 Å². The van der Waals surface area contributed by atoms with Crippen LogP contribution in [0.4, 0.5) is 11.4 Å². The zero-order valence-electron chi connectivity index (χ0n) is 15.5. The molecule has 3 rings (SSSR count). The number of hydrogen-bond acceptors (Lipinski definition) is 3. The van der Waals surface area contributed by atoms with Gasteiger partial charge in [0, 0.05) is 22.5 Å². The maximum absolute atomic E-state index is 12.5. The minimum absolute atomic E-state index is 0.190. The van der Waals surface area contributed by atoms with Crippen LogP contribution in [-0.4, -0.2) is 16.8 Å². The lowest BCUT2D eigenvalue weighted by molar-refractivity contribution is 0.102. The average Bonchev–Trinajstić information content (AvgIpc) is 2.65. The number of carbonyl (C=O) groups excluding carboxylic acids is 2. The average molecular weight is 359 g/mol. The first-order valence-electron chi connectivity index (χ1n) is 8.66. The Morgan fingerprint density at radius 2 is 1.37 bits per heavy atom. The fourth-order valence-corrected chi connectivity index (χ4v) is 2.90. The zero-order valence-corrected chi connectivity index (χ0v) is 15.5. The summed E-state index contributed by atoms with van der Waals surface area (Å²) >= 11 is 0. The van der Waals surface area contributed by atoms with Gasteiger partial charge in [0.15, 0.2) is 0 Å². The molecule has 0 bridgehead atoms. The predicted octanol–water partition coefficient (Wildman–Crippen LogP) is 4.51. The quantitative estimate of drug-likeness (QED) is 0.720. The SMILES string of the molecule is Cc1cc(C)c(NC(=O)c2ccc(NC(=O)c3ccccc3)cc2)c(C)n1. The highest BCUT2D eigenvalue weighted by molar-refractivity contribution is 6.06. The standard InChI is InChI=1S/C22H21N3O2/c1-14-13-15(2)23-16(3)20(14)25-22(27)18-9-11-19(12-10-18)24-21(26)17-7-5-4-6-8-17/h4-13H,1-3H3,(H,24,26)(H,25,27). The first-order valence-corrected chi connectivity index (χ1v) is 8.66. The number of rotatable bonds is 4. The second-order valence-corrected chi connectivity index (χ2v) is 6.39. The number of nitrogens with zero attached hydrogens (tertiary/aromatic N) is 1. The van der Waals surface area contributed by atoms with Gasteiger partial charge in [-0.1, -0.05) is 18.2 Å². The molecule has 0 atom stereocenters. The topological polar surface area (TPSA) is 71.1 Å². The van der Waals surface area contributed by atoms with Crippen LogP contribution in [0.2, 0.25) is 0 Å². The fraction of sp³-hybridized carbons (Fsp3) is 0.136. The summed E-state index contributed by atoms with van der Waals surface area (Å²) in [5, 5.41) is 5.74. The van der Waals surface area contributed by atoms with Crippen molar-refractivity contribution in [2.24, 2.45) is 0 Å². The molecule has 2 amide bonds. The summed E-state index contributed by atoms with van der Waals surface area (Å²) in [6.45, 7) is 5.74. The van der Waals surface area contributed by atoms with Crippen molar-refractivity contribution in [3.05, 3.63) is 88.7 Å². The number of benzene rings is 2. The molecule has 0 radical (unpaired) electrons. The predicted molar refractivity (Wildman–Crippen MR) is 107 cm³/mol. The third-order valence-electron chi connectivity index (χ3n) is 4.21. The summed E-state index contributed by atoms with van der Waals surface area (Å²) in [7, 11) is 0. The Morgan fingerprint density at radius 1 is 0.778 bits per heavy atom. The summed E-state index contributed by atoms with van der Waals surface area (Å²) in [5.41, 5.74) is 5.12. The molecule has 5 nitrogen and oxygen atoms in total. The normalized spacial score (nSPS) is 10.3. The van der Waals surface area contributed by atoms with Crippen LogP contribution in [0.5, 0.6) is 0 Å². The number of anilines is 2. The van der Waals surface area contributed by atoms with Crippen LogP contribution >= 0.6 is 0 Å². The van der Waals surface area contributed by atoms with Gasteiger partial charge >= 0.3 is 0 Å². The monoisotopic (exact) mass is 359 g/mol. The maximum atomic E-state index is 12.5. The van der Waals surface area contributed by atoms with E-state index in [1.54, 1.807) is 36.4 Å². The van der Waals surface area contributed by atoms with Crippen LogP contribution in [0.1, 0.15) is 37.7 Å². The molecular weight excluding hydrogens is 338 g/mol. The summed E-state index contributed by atoms with van der Waals surface area (Å²) in [4.78, 5) is 29.1. The van der Waals surface area contributed by atoms with E-state index in [1.165, 1.54) is 0 Å². The number of hydrogen-bond donors (Lipinski definition) is 2. The van der Waals surface area contributed by atoms with Crippen LogP contribution < -0.4 is 10.6 Å². The molecule has 0 saturated carbocycles. The fourth-order valence-electron chi connectivity index (χ4n) is 2.90. The molecule has 0 aliphatic rings. The molecule has 1 heterocycles. The van der Waals surface area contributed by atoms with E-state index >= 15 is 0 Å². The molecule has 0 unspecified atom stereocenters. The Labute approximate surface area is 158 Å². The van der Waals surface area contributed by atoms with Crippen LogP contribution in [0.15, 0.2) is 60.7 Å². The van der Waals surface area contributed by atoms with E-state index in [9.17, 15) is 9.59 Å². The molecule has 3 aromatic rings. The second-order valence-electron chi connectivity index (χ2n) is 6.39. The Bertz CT molecular complexity index is 957. The van der Waals surface area contributed by atoms with E-state index in [0.29, 0.717) is 16.8 Å². The van der Waals surface area contributed by atoms with Crippen molar-refractivity contribution in [1.82, 2.24) is 4.98 Å². The largest absolute Gasteiger partial charge is 0.322 e. The van der Waals surface area contributed by atoms with Crippen LogP contribution in [0, 0.1) is 20.8 Å². The molecule has 0 aliphatic heterocycles. The van der Waals surface area contributed by atoms with Crippen molar-refractivity contribution in [2.45, 2.75) is 20.8 Å². The lowest BCUT2D eigenvalue weighted by atomic mass is 10.1. The van der Waals surface area contributed by atoms with Gasteiger partial charge in [-0.15, -0.1) is 0 Å². The molecule has 2 N–H and O–H groups in total. The number of pyridine rings is 1. The van der Waals surface area contributed by atoms with E-state index in [0.717, 1.165) is 22.6 Å². The van der Waals surface area contributed by atoms with Crippen molar-refractivity contribution >= 4 is 23.2 Å². The van der Waals surface area contributed by atoms with Crippen molar-refractivity contribution in [3.8, 4) is 0 Å². The van der Waals surface area contributed by atoms with Crippen molar-refractivity contribution in [1.29, 1.82) is 0 Å². The third-order valence-corrected chi connectivity index (χ3v) is 4.21. The van der Waals surface area contributed by atoms with E-state index in [2.05, 4.69) is 15.6 Å². The van der Waals surface area contributed by atoms with Crippen LogP contribution in [0.25, 0.3) is 0 Å². The molecule has 5 heteroatoms. The van der Waals surface area contributed by atoms with Crippen molar-refractivity contribution < 1.29 is 9.59 Å². The van der Waals surface area contributed by atoms with Crippen LogP contribution in [-0.2, 0) is 0 Å². The number of aromatic nitrogens is 1. The summed E-state index contributed by atoms with van der Waals surface area (Å²) in [6.07, 6.45) is 0. The first-order chi connectivity index (χ1) is 12.9. The molecule has 0 fully saturated rings. The van der Waals surface area contributed by atoms with E-state index in [1.807, 2.05) is 45.0 Å². The van der Waals surface area contributed by atoms with Crippen molar-refractivity contribution in [2.75, 3.05) is 10.6 Å². The Hall–Kier alpha value is -3.47. The van der Waals surface area contributed by atoms with Crippen LogP contribution in [0.3, 0.4) is 0 Å². The zero-order chi connectivity index (χ0) is 19.4. The van der Waals surface area contributed by atoms with E-state index in [-0.39, 0.29) is 11.8 Å². The van der Waals surface area contributed by atoms with Gasteiger partial charge in [-0.2, -0.15) is 0 Å². The highest BCUT2D eigenvalue weighted by Gasteiger charge is 2.12. The van der Waals surface area contributed by atoms with Gasteiger partial charge in [-0.05, 0) is 68.8 Å². The minimum Gasteiger partial charge on any atom is -0.322 e. The van der Waals surface area contributed by atoms with Gasteiger partial charge in [-0.25, -0.2) is 0 Å². The maximum Gasteiger partial charge on any atom is 0.255 e. The highest BCUT2D eigenvalue weighted by Crippen LogP contribution is 2.20. The Balaban J connectivity index is 1.70. The van der Waals surface area contributed by atoms with Gasteiger partial charge in [0.25, 0.3) is 11.8 Å². The Kier molecular flexibility index (Phi) is 5.31. The molecule has 0 aliphatic carbocycles. The number of nitrogens with one attached hydrogen (secondary N) is 2. The number of carbonyl (C=O) groups is 2. The lowest BCUT2D eigenvalue weighted by Crippen LogP contribution is -2.15. The lowest BCUT2D eigenvalue weighted by Gasteiger charge is -2.12. The molecule has 1 aromatic heterocycles. The molecular formula is C22H21N3O2. The third kappa shape index (κ3) is 4.39. The van der Waals surface area contributed by atoms with Gasteiger partial charge in [-0.3, -0.25) is 14.6 Å². The molecule has 0 spiro atoms. The minimum atomic E-state index is -0.215. The summed E-state index contributed by atoms with van der Waals surface area (Å²) in [5.74, 6) is -0.405. The molecule has 136 valence electrons. The van der Waals surface area contributed by atoms with Gasteiger partial charge in [0.2, 0.25) is 0 Å². The smallest absolute Gasteiger partial charge is 0.255 e. The second kappa shape index (κ2) is 7.83. The summed E-state index contributed by atoms with van der Waals surface area (Å²) in [6, 6.07) is 17.7. The first kappa shape index (κ1) is 18.3. The van der Waals surface area contributed by atoms with Gasteiger partial charge < -0.3 is 10.6 Å². The highest BCUT2D eigenvalue weighted by atomic mass is 16.2. The van der Waals surface area contributed by atoms with Crippen molar-refractivity contribution in [3.63, 3.8) is 0 Å². The van der Waals surface area contributed by atoms with Gasteiger partial charge in [0.1, 0.15) is 0 Å². The molecule has 0 saturated heterocycles. The molecule has 2 aromatic carbocycles. The van der Waals surface area contributed by atoms with Gasteiger partial charge in [0.05, 0.1) is 11.4 Å². The van der Waals surface area contributed by atoms with E-state index in [4.69, 9.17) is 0 Å². The number of amides is 2. The Morgan fingerprint density at radius 3 is 2.00 bits per heavy atom. The number of aryl methyl sites for hydroxylation is 3. The molecule has 27 heavy (non-hydrogen) atoms. The summed E-state index contributed by atoms with van der Waals surface area (Å²) < 4.78 is 0.